The number of halogens is 3. The van der Waals surface area contributed by atoms with E-state index in [0.717, 1.165) is 5.56 Å². The Balaban J connectivity index is 1.73. The number of nitrogens with one attached hydrogen (secondary N) is 2. The van der Waals surface area contributed by atoms with E-state index in [2.05, 4.69) is 42.5 Å². The number of aromatic carboxylic acids is 1. The van der Waals surface area contributed by atoms with Crippen LogP contribution in [0.1, 0.15) is 20.9 Å². The second kappa shape index (κ2) is 9.08. The molecule has 1 heterocycles. The molecule has 6 nitrogen and oxygen atoms in total. The SMILES string of the molecule is O=C(NC(=S)Nc1c(Br)cc(Br)cc1C(=O)O)c1ccc(-c2ccc(Cl)cc2)o1. The van der Waals surface area contributed by atoms with Crippen molar-refractivity contribution in [3.63, 3.8) is 0 Å². The summed E-state index contributed by atoms with van der Waals surface area (Å²) in [5.41, 5.74) is 0.956. The summed E-state index contributed by atoms with van der Waals surface area (Å²) in [6, 6.07) is 13.2. The van der Waals surface area contributed by atoms with Crippen LogP contribution in [0.2, 0.25) is 5.02 Å². The number of benzene rings is 2. The third-order valence-corrected chi connectivity index (χ3v) is 5.25. The number of thiocarbonyl (C=S) groups is 1. The Hall–Kier alpha value is -2.20. The molecule has 10 heteroatoms. The van der Waals surface area contributed by atoms with E-state index in [-0.39, 0.29) is 22.1 Å². The number of carboxylic acids is 1. The maximum atomic E-state index is 12.4. The standard InChI is InChI=1S/C19H11Br2ClN2O4S/c20-10-7-12(18(26)27)16(13(21)8-10)23-19(29)24-17(25)15-6-5-14(28-15)9-1-3-11(22)4-2-9/h1-8H,(H,26,27)(H2,23,24,25,29). The highest BCUT2D eigenvalue weighted by atomic mass is 79.9. The van der Waals surface area contributed by atoms with Gasteiger partial charge in [0.1, 0.15) is 5.76 Å². The maximum Gasteiger partial charge on any atom is 0.337 e. The number of amides is 1. The lowest BCUT2D eigenvalue weighted by molar-refractivity contribution is 0.0697. The van der Waals surface area contributed by atoms with Crippen molar-refractivity contribution in [2.45, 2.75) is 0 Å². The van der Waals surface area contributed by atoms with E-state index in [1.165, 1.54) is 12.1 Å². The minimum atomic E-state index is -1.15. The Bertz CT molecular complexity index is 1120. The van der Waals surface area contributed by atoms with E-state index in [9.17, 15) is 14.7 Å². The predicted octanol–water partition coefficient (Wildman–Crippen LogP) is 5.95. The molecule has 0 saturated carbocycles. The summed E-state index contributed by atoms with van der Waals surface area (Å²) in [5.74, 6) is -1.18. The van der Waals surface area contributed by atoms with Crippen molar-refractivity contribution in [2.24, 2.45) is 0 Å². The van der Waals surface area contributed by atoms with Crippen LogP contribution in [0.25, 0.3) is 11.3 Å². The third-order valence-electron chi connectivity index (χ3n) is 3.71. The van der Waals surface area contributed by atoms with E-state index in [4.69, 9.17) is 28.2 Å². The van der Waals surface area contributed by atoms with Crippen molar-refractivity contribution in [1.82, 2.24) is 5.32 Å². The van der Waals surface area contributed by atoms with Crippen LogP contribution in [-0.2, 0) is 0 Å². The van der Waals surface area contributed by atoms with Gasteiger partial charge in [-0.3, -0.25) is 10.1 Å². The monoisotopic (exact) mass is 556 g/mol. The summed E-state index contributed by atoms with van der Waals surface area (Å²) >= 11 is 17.5. The van der Waals surface area contributed by atoms with E-state index < -0.39 is 11.9 Å². The van der Waals surface area contributed by atoms with Gasteiger partial charge in [0.15, 0.2) is 10.9 Å². The molecule has 0 aliphatic heterocycles. The van der Waals surface area contributed by atoms with Gasteiger partial charge >= 0.3 is 5.97 Å². The van der Waals surface area contributed by atoms with Gasteiger partial charge in [0.2, 0.25) is 0 Å². The molecule has 0 saturated heterocycles. The fourth-order valence-corrected chi connectivity index (χ4v) is 4.05. The van der Waals surface area contributed by atoms with E-state index in [1.807, 2.05) is 0 Å². The molecule has 3 N–H and O–H groups in total. The normalized spacial score (nSPS) is 10.4. The van der Waals surface area contributed by atoms with E-state index >= 15 is 0 Å². The number of anilines is 1. The average molecular weight is 559 g/mol. The van der Waals surface area contributed by atoms with Gasteiger partial charge in [0.25, 0.3) is 5.91 Å². The Morgan fingerprint density at radius 1 is 1.07 bits per heavy atom. The van der Waals surface area contributed by atoms with Gasteiger partial charge in [-0.25, -0.2) is 4.79 Å². The minimum absolute atomic E-state index is 0.0223. The second-order valence-electron chi connectivity index (χ2n) is 5.69. The van der Waals surface area contributed by atoms with Crippen molar-refractivity contribution in [1.29, 1.82) is 0 Å². The largest absolute Gasteiger partial charge is 0.478 e. The van der Waals surface area contributed by atoms with Crippen LogP contribution >= 0.6 is 55.7 Å². The molecule has 3 rings (SSSR count). The van der Waals surface area contributed by atoms with E-state index in [1.54, 1.807) is 36.4 Å². The number of carboxylic acid groups (broad SMARTS) is 1. The second-order valence-corrected chi connectivity index (χ2v) is 8.31. The van der Waals surface area contributed by atoms with Crippen LogP contribution < -0.4 is 10.6 Å². The number of hydrogen-bond acceptors (Lipinski definition) is 4. The molecule has 0 aliphatic carbocycles. The van der Waals surface area contributed by atoms with Crippen LogP contribution in [-0.4, -0.2) is 22.1 Å². The lowest BCUT2D eigenvalue weighted by atomic mass is 10.2. The Labute approximate surface area is 192 Å². The van der Waals surface area contributed by atoms with Crippen molar-refractivity contribution >= 4 is 78.4 Å². The van der Waals surface area contributed by atoms with Crippen LogP contribution in [0.5, 0.6) is 0 Å². The molecule has 0 radical (unpaired) electrons. The van der Waals surface area contributed by atoms with Crippen LogP contribution in [0.3, 0.4) is 0 Å². The molecular formula is C19H11Br2ClN2O4S. The Morgan fingerprint density at radius 3 is 2.41 bits per heavy atom. The number of hydrogen-bond donors (Lipinski definition) is 3. The maximum absolute atomic E-state index is 12.4. The number of furan rings is 1. The first-order chi connectivity index (χ1) is 13.7. The fourth-order valence-electron chi connectivity index (χ4n) is 2.41. The van der Waals surface area contributed by atoms with Crippen molar-refractivity contribution in [2.75, 3.05) is 5.32 Å². The topological polar surface area (TPSA) is 91.6 Å². The highest BCUT2D eigenvalue weighted by Gasteiger charge is 2.18. The quantitative estimate of drug-likeness (QED) is 0.343. The number of carbonyl (C=O) groups excluding carboxylic acids is 1. The first-order valence-corrected chi connectivity index (χ1v) is 10.3. The van der Waals surface area contributed by atoms with Crippen LogP contribution in [0.4, 0.5) is 5.69 Å². The highest BCUT2D eigenvalue weighted by Crippen LogP contribution is 2.31. The van der Waals surface area contributed by atoms with Gasteiger partial charge in [-0.1, -0.05) is 27.5 Å². The molecule has 1 amide bonds. The average Bonchev–Trinajstić information content (AvgIpc) is 3.14. The molecule has 3 aromatic rings. The summed E-state index contributed by atoms with van der Waals surface area (Å²) in [7, 11) is 0. The third kappa shape index (κ3) is 5.24. The number of carbonyl (C=O) groups is 2. The molecule has 29 heavy (non-hydrogen) atoms. The minimum Gasteiger partial charge on any atom is -0.478 e. The number of rotatable bonds is 4. The molecule has 0 atom stereocenters. The molecular weight excluding hydrogens is 548 g/mol. The van der Waals surface area contributed by atoms with Crippen LogP contribution in [0.15, 0.2) is 61.9 Å². The van der Waals surface area contributed by atoms with Crippen molar-refractivity contribution in [3.05, 3.63) is 73.8 Å². The summed E-state index contributed by atoms with van der Waals surface area (Å²) in [4.78, 5) is 23.9. The van der Waals surface area contributed by atoms with Gasteiger partial charge in [-0.2, -0.15) is 0 Å². The molecule has 0 aliphatic rings. The van der Waals surface area contributed by atoms with Gasteiger partial charge < -0.3 is 14.8 Å². The van der Waals surface area contributed by atoms with Gasteiger partial charge in [-0.05, 0) is 76.7 Å². The molecule has 148 valence electrons. The fraction of sp³-hybridized carbons (Fsp3) is 0. The zero-order valence-electron chi connectivity index (χ0n) is 14.3. The predicted molar refractivity (Wildman–Crippen MR) is 122 cm³/mol. The molecule has 1 aromatic heterocycles. The Morgan fingerprint density at radius 2 is 1.76 bits per heavy atom. The molecule has 2 aromatic carbocycles. The molecule has 0 fully saturated rings. The lowest BCUT2D eigenvalue weighted by Gasteiger charge is -2.13. The van der Waals surface area contributed by atoms with Gasteiger partial charge in [-0.15, -0.1) is 0 Å². The van der Waals surface area contributed by atoms with Gasteiger partial charge in [0, 0.05) is 19.5 Å². The summed E-state index contributed by atoms with van der Waals surface area (Å²) in [5, 5.41) is 15.1. The lowest BCUT2D eigenvalue weighted by Crippen LogP contribution is -2.34. The van der Waals surface area contributed by atoms with E-state index in [0.29, 0.717) is 19.7 Å². The first-order valence-electron chi connectivity index (χ1n) is 7.95. The zero-order chi connectivity index (χ0) is 21.1. The van der Waals surface area contributed by atoms with Crippen molar-refractivity contribution < 1.29 is 19.1 Å². The highest BCUT2D eigenvalue weighted by molar-refractivity contribution is 9.11. The molecule has 0 unspecified atom stereocenters. The Kier molecular flexibility index (Phi) is 6.74. The van der Waals surface area contributed by atoms with Crippen LogP contribution in [0, 0.1) is 0 Å². The smallest absolute Gasteiger partial charge is 0.337 e. The summed E-state index contributed by atoms with van der Waals surface area (Å²) in [6.45, 7) is 0. The molecule has 0 spiro atoms. The first kappa shape index (κ1) is 21.5. The van der Waals surface area contributed by atoms with Crippen molar-refractivity contribution in [3.8, 4) is 11.3 Å². The zero-order valence-corrected chi connectivity index (χ0v) is 19.1. The summed E-state index contributed by atoms with van der Waals surface area (Å²) in [6.07, 6.45) is 0. The summed E-state index contributed by atoms with van der Waals surface area (Å²) < 4.78 is 6.61. The van der Waals surface area contributed by atoms with Gasteiger partial charge in [0.05, 0.1) is 11.3 Å². The molecule has 0 bridgehead atoms.